The third kappa shape index (κ3) is 6.13. The summed E-state index contributed by atoms with van der Waals surface area (Å²) in [6.07, 6.45) is 1.31. The van der Waals surface area contributed by atoms with Crippen LogP contribution in [0.2, 0.25) is 0 Å². The number of anilines is 1. The zero-order valence-corrected chi connectivity index (χ0v) is 21.0. The second-order valence-electron chi connectivity index (χ2n) is 7.32. The predicted molar refractivity (Wildman–Crippen MR) is 136 cm³/mol. The molecule has 1 N–H and O–H groups in total. The second kappa shape index (κ2) is 11.9. The maximum Gasteiger partial charge on any atom is 0.289 e. The summed E-state index contributed by atoms with van der Waals surface area (Å²) >= 11 is 0. The smallest absolute Gasteiger partial charge is 0.289 e. The number of para-hydroxylation sites is 2. The maximum absolute atomic E-state index is 13.5. The van der Waals surface area contributed by atoms with Gasteiger partial charge >= 0.3 is 0 Å². The van der Waals surface area contributed by atoms with Crippen LogP contribution in [-0.4, -0.2) is 53.3 Å². The lowest BCUT2D eigenvalue weighted by molar-refractivity contribution is -0.387. The van der Waals surface area contributed by atoms with Crippen LogP contribution >= 0.6 is 0 Å². The van der Waals surface area contributed by atoms with Crippen LogP contribution in [0.4, 0.5) is 11.4 Å². The fourth-order valence-electron chi connectivity index (χ4n) is 3.37. The minimum absolute atomic E-state index is 0.143. The van der Waals surface area contributed by atoms with Crippen LogP contribution < -0.4 is 23.9 Å². The Bertz CT molecular complexity index is 1390. The molecule has 13 heteroatoms. The third-order valence-electron chi connectivity index (χ3n) is 5.05. The number of hydrazone groups is 1. The molecule has 12 nitrogen and oxygen atoms in total. The van der Waals surface area contributed by atoms with Gasteiger partial charge in [-0.05, 0) is 30.3 Å². The standard InChI is InChI=1S/C24H24N4O8S/c1-34-20-13-17(14-21(35-2)24(20)36-3)15-25-26-23(29)16-27(18-9-5-4-6-10-18)37(32,33)22-12-8-7-11-19(22)28(30)31/h4-15H,16H2,1-3H3,(H,26,29). The molecule has 0 fully saturated rings. The first kappa shape index (κ1) is 26.9. The Balaban J connectivity index is 1.88. The molecule has 0 heterocycles. The molecule has 0 atom stereocenters. The number of amides is 1. The Morgan fingerprint density at radius 3 is 2.16 bits per heavy atom. The monoisotopic (exact) mass is 528 g/mol. The number of sulfonamides is 1. The van der Waals surface area contributed by atoms with E-state index >= 15 is 0 Å². The molecule has 194 valence electrons. The summed E-state index contributed by atoms with van der Waals surface area (Å²) in [6, 6.07) is 15.9. The highest BCUT2D eigenvalue weighted by molar-refractivity contribution is 7.93. The Labute approximate surface area is 213 Å². The molecule has 0 saturated heterocycles. The van der Waals surface area contributed by atoms with E-state index in [0.29, 0.717) is 22.8 Å². The van der Waals surface area contributed by atoms with Crippen molar-refractivity contribution in [3.8, 4) is 17.2 Å². The molecule has 0 aromatic heterocycles. The summed E-state index contributed by atoms with van der Waals surface area (Å²) in [4.78, 5) is 22.8. The van der Waals surface area contributed by atoms with E-state index in [0.717, 1.165) is 16.4 Å². The average molecular weight is 529 g/mol. The summed E-state index contributed by atoms with van der Waals surface area (Å²) in [5, 5.41) is 15.3. The number of hydrogen-bond acceptors (Lipinski definition) is 9. The number of carbonyl (C=O) groups excluding carboxylic acids is 1. The van der Waals surface area contributed by atoms with Crippen LogP contribution in [0.1, 0.15) is 5.56 Å². The Kier molecular flexibility index (Phi) is 8.64. The number of hydrogen-bond donors (Lipinski definition) is 1. The van der Waals surface area contributed by atoms with Gasteiger partial charge in [0.05, 0.1) is 38.2 Å². The maximum atomic E-state index is 13.5. The molecule has 0 saturated carbocycles. The van der Waals surface area contributed by atoms with Gasteiger partial charge in [0, 0.05) is 11.6 Å². The lowest BCUT2D eigenvalue weighted by Crippen LogP contribution is -2.39. The largest absolute Gasteiger partial charge is 0.493 e. The van der Waals surface area contributed by atoms with Gasteiger partial charge in [-0.25, -0.2) is 13.8 Å². The average Bonchev–Trinajstić information content (AvgIpc) is 2.91. The van der Waals surface area contributed by atoms with Crippen molar-refractivity contribution in [2.75, 3.05) is 32.2 Å². The fourth-order valence-corrected chi connectivity index (χ4v) is 4.96. The van der Waals surface area contributed by atoms with Gasteiger partial charge in [0.25, 0.3) is 21.6 Å². The van der Waals surface area contributed by atoms with Gasteiger partial charge in [-0.2, -0.15) is 5.10 Å². The van der Waals surface area contributed by atoms with Crippen molar-refractivity contribution in [2.24, 2.45) is 5.10 Å². The third-order valence-corrected chi connectivity index (χ3v) is 6.87. The second-order valence-corrected chi connectivity index (χ2v) is 9.15. The molecular weight excluding hydrogens is 504 g/mol. The molecule has 3 rings (SSSR count). The van der Waals surface area contributed by atoms with Crippen LogP contribution in [0.5, 0.6) is 17.2 Å². The Hall–Kier alpha value is -4.65. The van der Waals surface area contributed by atoms with Gasteiger partial charge in [0.15, 0.2) is 16.4 Å². The van der Waals surface area contributed by atoms with Gasteiger partial charge in [-0.3, -0.25) is 19.2 Å². The molecule has 37 heavy (non-hydrogen) atoms. The first-order valence-electron chi connectivity index (χ1n) is 10.7. The van der Waals surface area contributed by atoms with Crippen molar-refractivity contribution in [1.82, 2.24) is 5.43 Å². The van der Waals surface area contributed by atoms with Gasteiger partial charge < -0.3 is 14.2 Å². The number of nitrogens with zero attached hydrogens (tertiary/aromatic N) is 3. The van der Waals surface area contributed by atoms with Crippen molar-refractivity contribution < 1.29 is 32.3 Å². The molecule has 1 amide bonds. The zero-order chi connectivity index (χ0) is 27.0. The first-order valence-corrected chi connectivity index (χ1v) is 12.1. The highest BCUT2D eigenvalue weighted by Crippen LogP contribution is 2.37. The molecule has 0 spiro atoms. The van der Waals surface area contributed by atoms with Crippen LogP contribution in [0.25, 0.3) is 0 Å². The lowest BCUT2D eigenvalue weighted by atomic mass is 10.2. The van der Waals surface area contributed by atoms with E-state index in [1.165, 1.54) is 51.8 Å². The predicted octanol–water partition coefficient (Wildman–Crippen LogP) is 2.97. The fraction of sp³-hybridized carbons (Fsp3) is 0.167. The summed E-state index contributed by atoms with van der Waals surface area (Å²) in [7, 11) is -0.124. The Morgan fingerprint density at radius 2 is 1.59 bits per heavy atom. The van der Waals surface area contributed by atoms with Crippen LogP contribution in [-0.2, 0) is 14.8 Å². The molecule has 3 aromatic rings. The topological polar surface area (TPSA) is 150 Å². The van der Waals surface area contributed by atoms with E-state index in [4.69, 9.17) is 14.2 Å². The number of benzene rings is 3. The molecule has 0 radical (unpaired) electrons. The highest BCUT2D eigenvalue weighted by Gasteiger charge is 2.33. The van der Waals surface area contributed by atoms with Gasteiger partial charge in [-0.15, -0.1) is 0 Å². The number of methoxy groups -OCH3 is 3. The molecule has 0 bridgehead atoms. The van der Waals surface area contributed by atoms with E-state index < -0.39 is 38.0 Å². The molecule has 0 unspecified atom stereocenters. The number of carbonyl (C=O) groups is 1. The minimum Gasteiger partial charge on any atom is -0.493 e. The molecule has 0 aliphatic heterocycles. The van der Waals surface area contributed by atoms with Crippen molar-refractivity contribution in [2.45, 2.75) is 4.90 Å². The molecular formula is C24H24N4O8S. The zero-order valence-electron chi connectivity index (χ0n) is 20.2. The van der Waals surface area contributed by atoms with E-state index in [2.05, 4.69) is 10.5 Å². The van der Waals surface area contributed by atoms with Crippen LogP contribution in [0.3, 0.4) is 0 Å². The number of nitro groups is 1. The summed E-state index contributed by atoms with van der Waals surface area (Å²) in [5.41, 5.74) is 2.31. The SMILES string of the molecule is COc1cc(C=NNC(=O)CN(c2ccccc2)S(=O)(=O)c2ccccc2[N+](=O)[O-])cc(OC)c1OC. The van der Waals surface area contributed by atoms with Crippen molar-refractivity contribution in [3.63, 3.8) is 0 Å². The first-order chi connectivity index (χ1) is 17.7. The number of rotatable bonds is 11. The molecule has 0 aliphatic rings. The highest BCUT2D eigenvalue weighted by atomic mass is 32.2. The van der Waals surface area contributed by atoms with E-state index in [9.17, 15) is 23.3 Å². The molecule has 0 aliphatic carbocycles. The summed E-state index contributed by atoms with van der Waals surface area (Å²) < 4.78 is 43.5. The van der Waals surface area contributed by atoms with Crippen LogP contribution in [0, 0.1) is 10.1 Å². The number of nitro benzene ring substituents is 1. The van der Waals surface area contributed by atoms with Gasteiger partial charge in [-0.1, -0.05) is 30.3 Å². The number of ether oxygens (including phenoxy) is 3. The van der Waals surface area contributed by atoms with E-state index in [-0.39, 0.29) is 5.69 Å². The quantitative estimate of drug-likeness (QED) is 0.227. The van der Waals surface area contributed by atoms with Gasteiger partial charge in [0.1, 0.15) is 6.54 Å². The van der Waals surface area contributed by atoms with Crippen molar-refractivity contribution in [1.29, 1.82) is 0 Å². The van der Waals surface area contributed by atoms with E-state index in [1.54, 1.807) is 30.3 Å². The van der Waals surface area contributed by atoms with Crippen molar-refractivity contribution in [3.05, 3.63) is 82.4 Å². The lowest BCUT2D eigenvalue weighted by Gasteiger charge is -2.23. The van der Waals surface area contributed by atoms with E-state index in [1.807, 2.05) is 0 Å². The minimum atomic E-state index is -4.50. The summed E-state index contributed by atoms with van der Waals surface area (Å²) in [6.45, 7) is -0.689. The summed E-state index contributed by atoms with van der Waals surface area (Å²) in [5.74, 6) is 0.348. The Morgan fingerprint density at radius 1 is 1.00 bits per heavy atom. The normalized spacial score (nSPS) is 11.1. The number of nitrogens with one attached hydrogen (secondary N) is 1. The van der Waals surface area contributed by atoms with Crippen LogP contribution in [0.15, 0.2) is 76.7 Å². The van der Waals surface area contributed by atoms with Crippen molar-refractivity contribution >= 4 is 33.5 Å². The molecule has 3 aromatic carbocycles. The van der Waals surface area contributed by atoms with Gasteiger partial charge in [0.2, 0.25) is 5.75 Å².